The van der Waals surface area contributed by atoms with Crippen LogP contribution in [0.3, 0.4) is 0 Å². The van der Waals surface area contributed by atoms with Crippen LogP contribution in [0, 0.1) is 0 Å². The second-order valence-corrected chi connectivity index (χ2v) is 7.05. The SMILES string of the molecule is COCc1ccc(CN2CCC[C@@H](N(C)CCc3ccccc3)C2)o1. The Labute approximate surface area is 151 Å². The lowest BCUT2D eigenvalue weighted by Gasteiger charge is -2.37. The Morgan fingerprint density at radius 2 is 1.96 bits per heavy atom. The molecule has 0 saturated carbocycles. The van der Waals surface area contributed by atoms with Crippen molar-refractivity contribution in [3.8, 4) is 0 Å². The van der Waals surface area contributed by atoms with Crippen LogP contribution in [-0.2, 0) is 24.3 Å². The van der Waals surface area contributed by atoms with Crippen LogP contribution in [-0.4, -0.2) is 49.6 Å². The zero-order chi connectivity index (χ0) is 17.5. The molecule has 0 spiro atoms. The Kier molecular flexibility index (Phi) is 6.68. The molecule has 4 heteroatoms. The smallest absolute Gasteiger partial charge is 0.129 e. The van der Waals surface area contributed by atoms with Gasteiger partial charge >= 0.3 is 0 Å². The molecule has 1 aromatic heterocycles. The summed E-state index contributed by atoms with van der Waals surface area (Å²) in [6.45, 7) is 4.83. The number of nitrogens with zero attached hydrogens (tertiary/aromatic N) is 2. The highest BCUT2D eigenvalue weighted by Gasteiger charge is 2.23. The van der Waals surface area contributed by atoms with Crippen molar-refractivity contribution in [2.75, 3.05) is 33.8 Å². The van der Waals surface area contributed by atoms with E-state index in [4.69, 9.17) is 9.15 Å². The van der Waals surface area contributed by atoms with Gasteiger partial charge < -0.3 is 14.1 Å². The molecule has 1 saturated heterocycles. The summed E-state index contributed by atoms with van der Waals surface area (Å²) in [6.07, 6.45) is 3.66. The van der Waals surface area contributed by atoms with E-state index in [1.54, 1.807) is 7.11 Å². The summed E-state index contributed by atoms with van der Waals surface area (Å²) in [7, 11) is 3.96. The molecule has 1 aliphatic heterocycles. The molecule has 25 heavy (non-hydrogen) atoms. The highest BCUT2D eigenvalue weighted by atomic mass is 16.5. The van der Waals surface area contributed by atoms with Gasteiger partial charge in [-0.2, -0.15) is 0 Å². The number of benzene rings is 1. The van der Waals surface area contributed by atoms with E-state index in [0.29, 0.717) is 12.6 Å². The van der Waals surface area contributed by atoms with Crippen molar-refractivity contribution in [2.24, 2.45) is 0 Å². The van der Waals surface area contributed by atoms with Gasteiger partial charge in [0.05, 0.1) is 6.54 Å². The maximum atomic E-state index is 5.85. The van der Waals surface area contributed by atoms with Crippen molar-refractivity contribution < 1.29 is 9.15 Å². The summed E-state index contributed by atoms with van der Waals surface area (Å²) in [6, 6.07) is 15.5. The monoisotopic (exact) mass is 342 g/mol. The minimum atomic E-state index is 0.546. The Bertz CT molecular complexity index is 626. The fourth-order valence-electron chi connectivity index (χ4n) is 3.61. The molecule has 136 valence electrons. The maximum absolute atomic E-state index is 5.85. The van der Waals surface area contributed by atoms with Crippen molar-refractivity contribution in [3.63, 3.8) is 0 Å². The molecular weight excluding hydrogens is 312 g/mol. The van der Waals surface area contributed by atoms with E-state index in [1.807, 2.05) is 6.07 Å². The molecule has 0 bridgehead atoms. The lowest BCUT2D eigenvalue weighted by Crippen LogP contribution is -2.46. The first-order valence-corrected chi connectivity index (χ1v) is 9.27. The van der Waals surface area contributed by atoms with E-state index >= 15 is 0 Å². The normalized spacial score (nSPS) is 18.8. The predicted molar refractivity (Wildman–Crippen MR) is 100 cm³/mol. The molecular formula is C21H30N2O2. The van der Waals surface area contributed by atoms with Crippen LogP contribution in [0.15, 0.2) is 46.9 Å². The molecule has 1 aromatic carbocycles. The number of likely N-dealkylation sites (tertiary alicyclic amines) is 1. The van der Waals surface area contributed by atoms with Crippen molar-refractivity contribution in [1.82, 2.24) is 9.80 Å². The van der Waals surface area contributed by atoms with E-state index < -0.39 is 0 Å². The van der Waals surface area contributed by atoms with Crippen molar-refractivity contribution in [1.29, 1.82) is 0 Å². The molecule has 2 heterocycles. The Morgan fingerprint density at radius 1 is 1.16 bits per heavy atom. The third-order valence-electron chi connectivity index (χ3n) is 5.08. The van der Waals surface area contributed by atoms with E-state index in [-0.39, 0.29) is 0 Å². The molecule has 3 rings (SSSR count). The van der Waals surface area contributed by atoms with Crippen LogP contribution in [0.25, 0.3) is 0 Å². The highest BCUT2D eigenvalue weighted by Crippen LogP contribution is 2.19. The molecule has 0 aliphatic carbocycles. The van der Waals surface area contributed by atoms with Gasteiger partial charge in [0, 0.05) is 26.2 Å². The Hall–Kier alpha value is -1.62. The number of ether oxygens (including phenoxy) is 1. The first kappa shape index (κ1) is 18.2. The second-order valence-electron chi connectivity index (χ2n) is 7.05. The first-order valence-electron chi connectivity index (χ1n) is 9.27. The number of furan rings is 1. The van der Waals surface area contributed by atoms with Crippen molar-refractivity contribution in [3.05, 3.63) is 59.5 Å². The highest BCUT2D eigenvalue weighted by molar-refractivity contribution is 5.15. The van der Waals surface area contributed by atoms with Crippen LogP contribution in [0.5, 0.6) is 0 Å². The lowest BCUT2D eigenvalue weighted by atomic mass is 10.0. The minimum Gasteiger partial charge on any atom is -0.462 e. The number of hydrogen-bond donors (Lipinski definition) is 0. The third kappa shape index (κ3) is 5.43. The summed E-state index contributed by atoms with van der Waals surface area (Å²) < 4.78 is 11.0. The largest absolute Gasteiger partial charge is 0.462 e. The zero-order valence-electron chi connectivity index (χ0n) is 15.5. The molecule has 0 amide bonds. The van der Waals surface area contributed by atoms with Crippen LogP contribution in [0.2, 0.25) is 0 Å². The van der Waals surface area contributed by atoms with Crippen molar-refractivity contribution >= 4 is 0 Å². The van der Waals surface area contributed by atoms with Gasteiger partial charge in [0.2, 0.25) is 0 Å². The quantitative estimate of drug-likeness (QED) is 0.733. The van der Waals surface area contributed by atoms with Gasteiger partial charge in [-0.3, -0.25) is 4.90 Å². The summed E-state index contributed by atoms with van der Waals surface area (Å²) in [5.74, 6) is 1.95. The molecule has 4 nitrogen and oxygen atoms in total. The number of rotatable bonds is 8. The summed E-state index contributed by atoms with van der Waals surface area (Å²) in [5.41, 5.74) is 1.42. The fourth-order valence-corrected chi connectivity index (χ4v) is 3.61. The summed E-state index contributed by atoms with van der Waals surface area (Å²) in [4.78, 5) is 5.04. The number of piperidine rings is 1. The molecule has 1 fully saturated rings. The third-order valence-corrected chi connectivity index (χ3v) is 5.08. The minimum absolute atomic E-state index is 0.546. The average molecular weight is 342 g/mol. The van der Waals surface area contributed by atoms with Gasteiger partial charge in [-0.1, -0.05) is 30.3 Å². The molecule has 2 aromatic rings. The molecule has 1 atom stereocenters. The van der Waals surface area contributed by atoms with Gasteiger partial charge in [0.25, 0.3) is 0 Å². The molecule has 0 N–H and O–H groups in total. The number of methoxy groups -OCH3 is 1. The lowest BCUT2D eigenvalue weighted by molar-refractivity contribution is 0.105. The van der Waals surface area contributed by atoms with E-state index in [9.17, 15) is 0 Å². The van der Waals surface area contributed by atoms with E-state index in [2.05, 4.69) is 53.2 Å². The van der Waals surface area contributed by atoms with Crippen LogP contribution >= 0.6 is 0 Å². The van der Waals surface area contributed by atoms with Gasteiger partial charge in [-0.05, 0) is 50.6 Å². The topological polar surface area (TPSA) is 28.9 Å². The molecule has 1 aliphatic rings. The average Bonchev–Trinajstić information content (AvgIpc) is 3.08. The second kappa shape index (κ2) is 9.18. The van der Waals surface area contributed by atoms with Crippen molar-refractivity contribution in [2.45, 2.75) is 38.5 Å². The zero-order valence-corrected chi connectivity index (χ0v) is 15.5. The maximum Gasteiger partial charge on any atom is 0.129 e. The first-order chi connectivity index (χ1) is 12.2. The van der Waals surface area contributed by atoms with Gasteiger partial charge in [-0.25, -0.2) is 0 Å². The molecule has 0 radical (unpaired) electrons. The number of hydrogen-bond acceptors (Lipinski definition) is 4. The standard InChI is InChI=1S/C21H30N2O2/c1-22(14-12-18-7-4-3-5-8-18)19-9-6-13-23(15-19)16-20-10-11-21(25-20)17-24-2/h3-5,7-8,10-11,19H,6,9,12-17H2,1-2H3/t19-/m1/s1. The van der Waals surface area contributed by atoms with Gasteiger partial charge in [-0.15, -0.1) is 0 Å². The summed E-state index contributed by atoms with van der Waals surface area (Å²) in [5, 5.41) is 0. The van der Waals surface area contributed by atoms with Crippen LogP contribution < -0.4 is 0 Å². The number of likely N-dealkylation sites (N-methyl/N-ethyl adjacent to an activating group) is 1. The summed E-state index contributed by atoms with van der Waals surface area (Å²) >= 11 is 0. The molecule has 0 unspecified atom stereocenters. The van der Waals surface area contributed by atoms with E-state index in [0.717, 1.165) is 44.1 Å². The Morgan fingerprint density at radius 3 is 2.76 bits per heavy atom. The fraction of sp³-hybridized carbons (Fsp3) is 0.524. The predicted octanol–water partition coefficient (Wildman–Crippen LogP) is 3.56. The van der Waals surface area contributed by atoms with Gasteiger partial charge in [0.15, 0.2) is 0 Å². The van der Waals surface area contributed by atoms with Gasteiger partial charge in [0.1, 0.15) is 18.1 Å². The Balaban J connectivity index is 1.48. The van der Waals surface area contributed by atoms with E-state index in [1.165, 1.54) is 18.4 Å². The van der Waals surface area contributed by atoms with Crippen LogP contribution in [0.4, 0.5) is 0 Å². The van der Waals surface area contributed by atoms with Crippen LogP contribution in [0.1, 0.15) is 29.9 Å².